The van der Waals surface area contributed by atoms with Crippen molar-refractivity contribution in [3.05, 3.63) is 28.8 Å². The highest BCUT2D eigenvalue weighted by Gasteiger charge is 2.28. The summed E-state index contributed by atoms with van der Waals surface area (Å²) in [5.74, 6) is -1.15. The molecule has 0 spiro atoms. The van der Waals surface area contributed by atoms with Gasteiger partial charge in [-0.1, -0.05) is 6.07 Å². The fraction of sp³-hybridized carbons (Fsp3) is 0.500. The average Bonchev–Trinajstić information content (AvgIpc) is 2.25. The van der Waals surface area contributed by atoms with Crippen LogP contribution >= 0.6 is 0 Å². The minimum absolute atomic E-state index is 0.0227. The number of sulfonamides is 1. The third-order valence-electron chi connectivity index (χ3n) is 2.96. The van der Waals surface area contributed by atoms with Gasteiger partial charge in [0.2, 0.25) is 10.0 Å². The molecule has 1 rings (SSSR count). The number of aryl methyl sites for hydroxylation is 2. The molecule has 0 saturated carbocycles. The molecule has 0 bridgehead atoms. The van der Waals surface area contributed by atoms with Crippen molar-refractivity contribution in [2.45, 2.75) is 38.1 Å². The number of rotatable bonds is 6. The Morgan fingerprint density at radius 1 is 1.29 bits per heavy atom. The second kappa shape index (κ2) is 6.13. The van der Waals surface area contributed by atoms with Gasteiger partial charge in [0.15, 0.2) is 0 Å². The normalized spacial score (nSPS) is 12.4. The van der Waals surface area contributed by atoms with Gasteiger partial charge >= 0.3 is 5.97 Å². The Hall–Kier alpha value is -1.44. The number of carbonyl (C=O) groups is 1. The van der Waals surface area contributed by atoms with Gasteiger partial charge in [0, 0.05) is 7.11 Å². The van der Waals surface area contributed by atoms with Crippen LogP contribution in [0.15, 0.2) is 17.0 Å². The van der Waals surface area contributed by atoms with Crippen LogP contribution in [-0.2, 0) is 14.8 Å². The maximum absolute atomic E-state index is 12.5. The molecule has 0 fully saturated rings. The molecule has 2 N–H and O–H groups in total. The molecular formula is C14H21NO5S. The molecule has 0 unspecified atom stereocenters. The second-order valence-corrected chi connectivity index (χ2v) is 7.31. The molecule has 0 heterocycles. The van der Waals surface area contributed by atoms with Crippen molar-refractivity contribution >= 4 is 16.0 Å². The van der Waals surface area contributed by atoms with Crippen LogP contribution in [0.3, 0.4) is 0 Å². The Kier molecular flexibility index (Phi) is 5.14. The van der Waals surface area contributed by atoms with Crippen molar-refractivity contribution in [1.29, 1.82) is 0 Å². The van der Waals surface area contributed by atoms with E-state index in [0.717, 1.165) is 0 Å². The van der Waals surface area contributed by atoms with Crippen LogP contribution in [0.5, 0.6) is 0 Å². The van der Waals surface area contributed by atoms with Crippen LogP contribution in [0.25, 0.3) is 0 Å². The number of aromatic carboxylic acids is 1. The van der Waals surface area contributed by atoms with E-state index in [4.69, 9.17) is 9.84 Å². The van der Waals surface area contributed by atoms with E-state index < -0.39 is 21.5 Å². The summed E-state index contributed by atoms with van der Waals surface area (Å²) in [5, 5.41) is 9.13. The molecule has 0 atom stereocenters. The molecule has 0 aliphatic heterocycles. The van der Waals surface area contributed by atoms with Gasteiger partial charge in [0.05, 0.1) is 22.6 Å². The summed E-state index contributed by atoms with van der Waals surface area (Å²) in [6.07, 6.45) is 0. The number of hydrogen-bond acceptors (Lipinski definition) is 4. The van der Waals surface area contributed by atoms with Crippen LogP contribution in [0.2, 0.25) is 0 Å². The molecule has 0 aromatic heterocycles. The van der Waals surface area contributed by atoms with E-state index in [1.807, 2.05) is 0 Å². The Labute approximate surface area is 125 Å². The number of benzene rings is 1. The molecule has 1 aromatic carbocycles. The SMILES string of the molecule is COCC(C)(C)NS(=O)(=O)c1cc(C(=O)O)c(C)cc1C. The van der Waals surface area contributed by atoms with Crippen LogP contribution in [0, 0.1) is 13.8 Å². The van der Waals surface area contributed by atoms with Gasteiger partial charge in [0.1, 0.15) is 0 Å². The first-order valence-electron chi connectivity index (χ1n) is 6.37. The second-order valence-electron chi connectivity index (χ2n) is 5.66. The summed E-state index contributed by atoms with van der Waals surface area (Å²) in [6, 6.07) is 2.75. The molecule has 6 nitrogen and oxygen atoms in total. The van der Waals surface area contributed by atoms with Crippen molar-refractivity contribution in [1.82, 2.24) is 4.72 Å². The van der Waals surface area contributed by atoms with Gasteiger partial charge < -0.3 is 9.84 Å². The molecule has 1 aromatic rings. The van der Waals surface area contributed by atoms with E-state index in [9.17, 15) is 13.2 Å². The molecule has 21 heavy (non-hydrogen) atoms. The smallest absolute Gasteiger partial charge is 0.335 e. The van der Waals surface area contributed by atoms with Crippen molar-refractivity contribution < 1.29 is 23.1 Å². The van der Waals surface area contributed by atoms with Gasteiger partial charge in [0.25, 0.3) is 0 Å². The number of ether oxygens (including phenoxy) is 1. The van der Waals surface area contributed by atoms with Gasteiger partial charge in [-0.25, -0.2) is 17.9 Å². The lowest BCUT2D eigenvalue weighted by molar-refractivity contribution is 0.0696. The molecule has 0 amide bonds. The average molecular weight is 315 g/mol. The minimum atomic E-state index is -3.84. The fourth-order valence-electron chi connectivity index (χ4n) is 2.16. The largest absolute Gasteiger partial charge is 0.478 e. The van der Waals surface area contributed by atoms with Gasteiger partial charge in [-0.3, -0.25) is 0 Å². The Bertz CT molecular complexity index is 650. The highest BCUT2D eigenvalue weighted by Crippen LogP contribution is 2.22. The van der Waals surface area contributed by atoms with Gasteiger partial charge in [-0.05, 0) is 44.9 Å². The number of methoxy groups -OCH3 is 1. The van der Waals surface area contributed by atoms with Crippen molar-refractivity contribution in [3.8, 4) is 0 Å². The third kappa shape index (κ3) is 4.26. The number of hydrogen-bond donors (Lipinski definition) is 2. The quantitative estimate of drug-likeness (QED) is 0.833. The van der Waals surface area contributed by atoms with E-state index >= 15 is 0 Å². The summed E-state index contributed by atoms with van der Waals surface area (Å²) in [7, 11) is -2.36. The number of carboxylic acid groups (broad SMARTS) is 1. The molecule has 0 aliphatic carbocycles. The van der Waals surface area contributed by atoms with E-state index in [1.165, 1.54) is 13.2 Å². The van der Waals surface area contributed by atoms with Crippen molar-refractivity contribution in [2.75, 3.05) is 13.7 Å². The predicted octanol–water partition coefficient (Wildman–Crippen LogP) is 1.70. The maximum Gasteiger partial charge on any atom is 0.335 e. The summed E-state index contributed by atoms with van der Waals surface area (Å²) < 4.78 is 32.4. The number of nitrogens with one attached hydrogen (secondary N) is 1. The maximum atomic E-state index is 12.5. The van der Waals surface area contributed by atoms with Crippen molar-refractivity contribution in [3.63, 3.8) is 0 Å². The van der Waals surface area contributed by atoms with Crippen LogP contribution in [-0.4, -0.2) is 38.7 Å². The van der Waals surface area contributed by atoms with E-state index in [2.05, 4.69) is 4.72 Å². The fourth-order valence-corrected chi connectivity index (χ4v) is 3.81. The highest BCUT2D eigenvalue weighted by molar-refractivity contribution is 7.89. The summed E-state index contributed by atoms with van der Waals surface area (Å²) in [4.78, 5) is 11.1. The summed E-state index contributed by atoms with van der Waals surface area (Å²) >= 11 is 0. The monoisotopic (exact) mass is 315 g/mol. The minimum Gasteiger partial charge on any atom is -0.478 e. The Balaban J connectivity index is 3.32. The van der Waals surface area contributed by atoms with Gasteiger partial charge in [-0.2, -0.15) is 0 Å². The zero-order valence-corrected chi connectivity index (χ0v) is 13.7. The lowest BCUT2D eigenvalue weighted by atomic mass is 10.1. The first-order chi connectivity index (χ1) is 9.50. The molecule has 0 aliphatic rings. The molecule has 118 valence electrons. The zero-order chi connectivity index (χ0) is 16.4. The number of carboxylic acids is 1. The molecule has 0 saturated heterocycles. The van der Waals surface area contributed by atoms with E-state index in [-0.39, 0.29) is 17.1 Å². The van der Waals surface area contributed by atoms with Crippen LogP contribution in [0.4, 0.5) is 0 Å². The molecular weight excluding hydrogens is 294 g/mol. The van der Waals surface area contributed by atoms with E-state index in [0.29, 0.717) is 11.1 Å². The van der Waals surface area contributed by atoms with Gasteiger partial charge in [-0.15, -0.1) is 0 Å². The Morgan fingerprint density at radius 3 is 2.33 bits per heavy atom. The Morgan fingerprint density at radius 2 is 1.86 bits per heavy atom. The lowest BCUT2D eigenvalue weighted by Gasteiger charge is -2.25. The predicted molar refractivity (Wildman–Crippen MR) is 79.2 cm³/mol. The molecule has 7 heteroatoms. The van der Waals surface area contributed by atoms with Crippen molar-refractivity contribution in [2.24, 2.45) is 0 Å². The first kappa shape index (κ1) is 17.6. The third-order valence-corrected chi connectivity index (χ3v) is 4.80. The van der Waals surface area contributed by atoms with E-state index in [1.54, 1.807) is 33.8 Å². The topological polar surface area (TPSA) is 92.7 Å². The summed E-state index contributed by atoms with van der Waals surface area (Å²) in [5.41, 5.74) is 0.202. The first-order valence-corrected chi connectivity index (χ1v) is 7.86. The summed E-state index contributed by atoms with van der Waals surface area (Å²) in [6.45, 7) is 6.85. The standard InChI is InChI=1S/C14H21NO5S/c1-9-6-10(2)12(7-11(9)13(16)17)21(18,19)15-14(3,4)8-20-5/h6-7,15H,8H2,1-5H3,(H,16,17). The highest BCUT2D eigenvalue weighted by atomic mass is 32.2. The van der Waals surface area contributed by atoms with Crippen LogP contribution in [0.1, 0.15) is 35.3 Å². The van der Waals surface area contributed by atoms with Crippen LogP contribution < -0.4 is 4.72 Å². The lowest BCUT2D eigenvalue weighted by Crippen LogP contribution is -2.46. The molecule has 0 radical (unpaired) electrons. The zero-order valence-electron chi connectivity index (χ0n) is 12.9.